The molecule has 2 N–H and O–H groups in total. The van der Waals surface area contributed by atoms with Crippen LogP contribution in [0.25, 0.3) is 0 Å². The van der Waals surface area contributed by atoms with Crippen molar-refractivity contribution in [3.8, 4) is 17.2 Å². The van der Waals surface area contributed by atoms with Gasteiger partial charge >= 0.3 is 0 Å². The van der Waals surface area contributed by atoms with Crippen LogP contribution in [0.1, 0.15) is 19.4 Å². The highest BCUT2D eigenvalue weighted by atomic mass is 127. The summed E-state index contributed by atoms with van der Waals surface area (Å²) in [6.45, 7) is 5.82. The largest absolute Gasteiger partial charge is 0.496 e. The minimum absolute atomic E-state index is 0. The number of nitrogens with zero attached hydrogens (tertiary/aromatic N) is 1. The Labute approximate surface area is 167 Å². The van der Waals surface area contributed by atoms with Crippen LogP contribution in [-0.4, -0.2) is 53.6 Å². The van der Waals surface area contributed by atoms with E-state index >= 15 is 0 Å². The molecule has 0 heterocycles. The Balaban J connectivity index is 0.00000576. The van der Waals surface area contributed by atoms with Crippen molar-refractivity contribution in [3.63, 3.8) is 0 Å². The summed E-state index contributed by atoms with van der Waals surface area (Å²) in [6, 6.07) is 3.79. The molecular formula is C17H30IN3O4. The molecule has 0 saturated heterocycles. The normalized spacial score (nSPS) is 12.0. The number of rotatable bonds is 9. The van der Waals surface area contributed by atoms with Gasteiger partial charge in [-0.05, 0) is 13.8 Å². The number of hydrogen-bond acceptors (Lipinski definition) is 5. The average Bonchev–Trinajstić information content (AvgIpc) is 2.59. The Kier molecular flexibility index (Phi) is 12.1. The number of aliphatic imine (C=N–C) groups is 1. The Hall–Kier alpha value is -1.42. The maximum Gasteiger partial charge on any atom is 0.191 e. The van der Waals surface area contributed by atoms with Crippen molar-refractivity contribution >= 4 is 29.9 Å². The van der Waals surface area contributed by atoms with E-state index in [0.29, 0.717) is 36.4 Å². The number of hydrogen-bond donors (Lipinski definition) is 2. The summed E-state index contributed by atoms with van der Waals surface area (Å²) >= 11 is 0. The lowest BCUT2D eigenvalue weighted by molar-refractivity contribution is 0.179. The third kappa shape index (κ3) is 7.55. The zero-order valence-corrected chi connectivity index (χ0v) is 18.2. The quantitative estimate of drug-likeness (QED) is 0.330. The monoisotopic (exact) mass is 467 g/mol. The molecule has 0 spiro atoms. The smallest absolute Gasteiger partial charge is 0.191 e. The summed E-state index contributed by atoms with van der Waals surface area (Å²) in [6.07, 6.45) is 0. The molecule has 1 rings (SSSR count). The highest BCUT2D eigenvalue weighted by Gasteiger charge is 2.13. The van der Waals surface area contributed by atoms with Crippen LogP contribution in [-0.2, 0) is 11.3 Å². The molecule has 7 nitrogen and oxygen atoms in total. The van der Waals surface area contributed by atoms with E-state index in [1.807, 2.05) is 26.0 Å². The topological polar surface area (TPSA) is 73.3 Å². The van der Waals surface area contributed by atoms with Gasteiger partial charge in [-0.15, -0.1) is 24.0 Å². The van der Waals surface area contributed by atoms with Crippen molar-refractivity contribution in [2.45, 2.75) is 26.4 Å². The number of ether oxygens (including phenoxy) is 4. The van der Waals surface area contributed by atoms with Gasteiger partial charge in [0.1, 0.15) is 17.2 Å². The van der Waals surface area contributed by atoms with Gasteiger partial charge in [0, 0.05) is 31.8 Å². The summed E-state index contributed by atoms with van der Waals surface area (Å²) in [5, 5.41) is 6.51. The standard InChI is InChI=1S/C17H29N3O4.HI/c1-7-18-17(20-12(2)11-21-3)19-10-14-15(23-5)8-13(22-4)9-16(14)24-6;/h8-9,12H,7,10-11H2,1-6H3,(H2,18,19,20);1H. The first-order valence-corrected chi connectivity index (χ1v) is 7.92. The van der Waals surface area contributed by atoms with E-state index in [1.54, 1.807) is 28.4 Å². The lowest BCUT2D eigenvalue weighted by atomic mass is 10.1. The van der Waals surface area contributed by atoms with E-state index in [9.17, 15) is 0 Å². The van der Waals surface area contributed by atoms with Gasteiger partial charge in [0.15, 0.2) is 5.96 Å². The first kappa shape index (κ1) is 23.6. The second kappa shape index (κ2) is 12.9. The zero-order chi connectivity index (χ0) is 17.9. The van der Waals surface area contributed by atoms with Gasteiger partial charge in [-0.3, -0.25) is 0 Å². The molecule has 0 bridgehead atoms. The molecule has 1 atom stereocenters. The Morgan fingerprint density at radius 1 is 1.08 bits per heavy atom. The molecule has 0 fully saturated rings. The molecule has 1 unspecified atom stereocenters. The first-order chi connectivity index (χ1) is 11.6. The fourth-order valence-corrected chi connectivity index (χ4v) is 2.24. The maximum absolute atomic E-state index is 5.45. The average molecular weight is 467 g/mol. The summed E-state index contributed by atoms with van der Waals surface area (Å²) < 4.78 is 21.3. The number of methoxy groups -OCH3 is 4. The highest BCUT2D eigenvalue weighted by molar-refractivity contribution is 14.0. The molecule has 144 valence electrons. The summed E-state index contributed by atoms with van der Waals surface area (Å²) in [4.78, 5) is 4.62. The Bertz CT molecular complexity index is 516. The van der Waals surface area contributed by atoms with Gasteiger partial charge in [-0.2, -0.15) is 0 Å². The third-order valence-corrected chi connectivity index (χ3v) is 3.36. The lowest BCUT2D eigenvalue weighted by Gasteiger charge is -2.18. The number of benzene rings is 1. The van der Waals surface area contributed by atoms with E-state index in [4.69, 9.17) is 18.9 Å². The Morgan fingerprint density at radius 2 is 1.68 bits per heavy atom. The molecule has 0 saturated carbocycles. The molecule has 1 aromatic rings. The van der Waals surface area contributed by atoms with Crippen molar-refractivity contribution < 1.29 is 18.9 Å². The van der Waals surface area contributed by atoms with Gasteiger partial charge in [0.05, 0.1) is 40.0 Å². The molecule has 0 aliphatic rings. The second-order valence-electron chi connectivity index (χ2n) is 5.21. The molecule has 0 aliphatic heterocycles. The van der Waals surface area contributed by atoms with E-state index < -0.39 is 0 Å². The predicted molar refractivity (Wildman–Crippen MR) is 111 cm³/mol. The maximum atomic E-state index is 5.45. The van der Waals surface area contributed by atoms with Crippen LogP contribution in [0, 0.1) is 0 Å². The predicted octanol–water partition coefficient (Wildman–Crippen LogP) is 2.42. The fourth-order valence-electron chi connectivity index (χ4n) is 2.24. The summed E-state index contributed by atoms with van der Waals surface area (Å²) in [5.41, 5.74) is 0.859. The molecular weight excluding hydrogens is 437 g/mol. The third-order valence-electron chi connectivity index (χ3n) is 3.36. The zero-order valence-electron chi connectivity index (χ0n) is 15.8. The first-order valence-electron chi connectivity index (χ1n) is 7.92. The molecule has 0 radical (unpaired) electrons. The van der Waals surface area contributed by atoms with Crippen molar-refractivity contribution in [1.29, 1.82) is 0 Å². The molecule has 0 aliphatic carbocycles. The lowest BCUT2D eigenvalue weighted by Crippen LogP contribution is -2.43. The van der Waals surface area contributed by atoms with Crippen molar-refractivity contribution in [3.05, 3.63) is 17.7 Å². The van der Waals surface area contributed by atoms with Gasteiger partial charge in [-0.25, -0.2) is 4.99 Å². The second-order valence-corrected chi connectivity index (χ2v) is 5.21. The summed E-state index contributed by atoms with van der Waals surface area (Å²) in [5.74, 6) is 2.74. The molecule has 1 aromatic carbocycles. The van der Waals surface area contributed by atoms with Crippen LogP contribution >= 0.6 is 24.0 Å². The molecule has 0 amide bonds. The van der Waals surface area contributed by atoms with Crippen LogP contribution in [0.5, 0.6) is 17.2 Å². The van der Waals surface area contributed by atoms with E-state index in [1.165, 1.54) is 0 Å². The fraction of sp³-hybridized carbons (Fsp3) is 0.588. The van der Waals surface area contributed by atoms with Gasteiger partial charge in [0.25, 0.3) is 0 Å². The highest BCUT2D eigenvalue weighted by Crippen LogP contribution is 2.34. The van der Waals surface area contributed by atoms with Crippen LogP contribution in [0.15, 0.2) is 17.1 Å². The van der Waals surface area contributed by atoms with Crippen LogP contribution in [0.4, 0.5) is 0 Å². The van der Waals surface area contributed by atoms with Crippen LogP contribution in [0.3, 0.4) is 0 Å². The molecule has 8 heteroatoms. The molecule has 0 aromatic heterocycles. The van der Waals surface area contributed by atoms with E-state index in [0.717, 1.165) is 12.1 Å². The van der Waals surface area contributed by atoms with Crippen molar-refractivity contribution in [2.75, 3.05) is 41.6 Å². The van der Waals surface area contributed by atoms with Crippen LogP contribution in [0.2, 0.25) is 0 Å². The van der Waals surface area contributed by atoms with Gasteiger partial charge in [-0.1, -0.05) is 0 Å². The van der Waals surface area contributed by atoms with E-state index in [-0.39, 0.29) is 30.0 Å². The van der Waals surface area contributed by atoms with Gasteiger partial charge < -0.3 is 29.6 Å². The minimum Gasteiger partial charge on any atom is -0.496 e. The summed E-state index contributed by atoms with van der Waals surface area (Å²) in [7, 11) is 6.52. The number of guanidine groups is 1. The number of nitrogens with one attached hydrogen (secondary N) is 2. The minimum atomic E-state index is 0. The van der Waals surface area contributed by atoms with Gasteiger partial charge in [0.2, 0.25) is 0 Å². The number of halogens is 1. The van der Waals surface area contributed by atoms with E-state index in [2.05, 4.69) is 15.6 Å². The van der Waals surface area contributed by atoms with Crippen molar-refractivity contribution in [1.82, 2.24) is 10.6 Å². The SMILES string of the molecule is CCNC(=NCc1c(OC)cc(OC)cc1OC)NC(C)COC.I. The van der Waals surface area contributed by atoms with Crippen molar-refractivity contribution in [2.24, 2.45) is 4.99 Å². The molecule has 25 heavy (non-hydrogen) atoms. The van der Waals surface area contributed by atoms with Crippen LogP contribution < -0.4 is 24.8 Å². The Morgan fingerprint density at radius 3 is 2.12 bits per heavy atom.